The lowest BCUT2D eigenvalue weighted by Crippen LogP contribution is -2.15. The zero-order valence-corrected chi connectivity index (χ0v) is 12.2. The Balaban J connectivity index is 1.95. The number of alkyl halides is 3. The van der Waals surface area contributed by atoms with Crippen LogP contribution in [0.2, 0.25) is 0 Å². The topological polar surface area (TPSA) is 40.9 Å². The number of Topliss-reactive ketones (excluding diaryl/α,β-unsaturated/α-hetero) is 1. The van der Waals surface area contributed by atoms with Crippen molar-refractivity contribution in [2.75, 3.05) is 0 Å². The summed E-state index contributed by atoms with van der Waals surface area (Å²) in [5.41, 5.74) is -0.350. The molecule has 2 unspecified atom stereocenters. The van der Waals surface area contributed by atoms with Gasteiger partial charge in [0.15, 0.2) is 5.78 Å². The Morgan fingerprint density at radius 2 is 1.95 bits per heavy atom. The maximum Gasteiger partial charge on any atom is 0.416 e. The van der Waals surface area contributed by atoms with E-state index in [2.05, 4.69) is 0 Å². The molecular formula is C16H12F3NOS. The zero-order chi connectivity index (χ0) is 15.9. The second kappa shape index (κ2) is 5.35. The summed E-state index contributed by atoms with van der Waals surface area (Å²) in [7, 11) is 0. The van der Waals surface area contributed by atoms with Crippen molar-refractivity contribution in [1.82, 2.24) is 0 Å². The van der Waals surface area contributed by atoms with E-state index >= 15 is 0 Å². The highest BCUT2D eigenvalue weighted by atomic mass is 32.1. The van der Waals surface area contributed by atoms with Crippen LogP contribution < -0.4 is 0 Å². The molecule has 1 heterocycles. The molecule has 3 rings (SSSR count). The van der Waals surface area contributed by atoms with E-state index in [1.54, 1.807) is 0 Å². The molecule has 2 aromatic rings. The number of carbonyl (C=O) groups is 1. The van der Waals surface area contributed by atoms with Crippen LogP contribution in [0.15, 0.2) is 41.8 Å². The van der Waals surface area contributed by atoms with E-state index in [0.717, 1.165) is 17.0 Å². The van der Waals surface area contributed by atoms with E-state index in [0.29, 0.717) is 0 Å². The van der Waals surface area contributed by atoms with Gasteiger partial charge in [0.2, 0.25) is 0 Å². The first-order valence-corrected chi connectivity index (χ1v) is 7.57. The van der Waals surface area contributed by atoms with Crippen molar-refractivity contribution in [2.45, 2.75) is 24.4 Å². The third-order valence-electron chi connectivity index (χ3n) is 3.83. The first kappa shape index (κ1) is 15.0. The molecule has 0 aliphatic heterocycles. The Morgan fingerprint density at radius 1 is 1.18 bits per heavy atom. The molecule has 1 aromatic heterocycles. The minimum atomic E-state index is -4.45. The van der Waals surface area contributed by atoms with Gasteiger partial charge in [-0.2, -0.15) is 13.2 Å². The molecule has 22 heavy (non-hydrogen) atoms. The molecule has 1 aliphatic carbocycles. The van der Waals surface area contributed by atoms with Gasteiger partial charge in [0.1, 0.15) is 0 Å². The summed E-state index contributed by atoms with van der Waals surface area (Å²) in [6.45, 7) is 0. The van der Waals surface area contributed by atoms with Crippen molar-refractivity contribution in [3.8, 4) is 0 Å². The second-order valence-corrected chi connectivity index (χ2v) is 6.24. The molecule has 2 atom stereocenters. The Hall–Kier alpha value is -1.95. The van der Waals surface area contributed by atoms with E-state index in [4.69, 9.17) is 5.41 Å². The van der Waals surface area contributed by atoms with Gasteiger partial charge < -0.3 is 5.41 Å². The lowest BCUT2D eigenvalue weighted by molar-refractivity contribution is -0.137. The Morgan fingerprint density at radius 3 is 2.59 bits per heavy atom. The molecule has 0 spiro atoms. The van der Waals surface area contributed by atoms with Crippen LogP contribution in [0.25, 0.3) is 0 Å². The largest absolute Gasteiger partial charge is 0.416 e. The Labute approximate surface area is 129 Å². The number of hydrogen-bond donors (Lipinski definition) is 1. The fraction of sp³-hybridized carbons (Fsp3) is 0.250. The second-order valence-electron chi connectivity index (χ2n) is 5.26. The van der Waals surface area contributed by atoms with Crippen molar-refractivity contribution < 1.29 is 18.0 Å². The monoisotopic (exact) mass is 323 g/mol. The molecule has 1 aliphatic rings. The smallest absolute Gasteiger partial charge is 0.309 e. The Kier molecular flexibility index (Phi) is 3.64. The van der Waals surface area contributed by atoms with Gasteiger partial charge >= 0.3 is 6.18 Å². The van der Waals surface area contributed by atoms with Crippen molar-refractivity contribution in [2.24, 2.45) is 0 Å². The molecule has 0 amide bonds. The van der Waals surface area contributed by atoms with Crippen molar-refractivity contribution >= 4 is 22.8 Å². The summed E-state index contributed by atoms with van der Waals surface area (Å²) >= 11 is 1.43. The molecule has 1 N–H and O–H groups in total. The Bertz CT molecular complexity index is 721. The number of hydrogen-bond acceptors (Lipinski definition) is 3. The van der Waals surface area contributed by atoms with Gasteiger partial charge in [-0.15, -0.1) is 11.3 Å². The van der Waals surface area contributed by atoms with E-state index in [-0.39, 0.29) is 23.5 Å². The molecule has 114 valence electrons. The SMILES string of the molecule is N=C1CC(c2cccs2)C(=O)C1c1cccc(C(F)(F)F)c1. The normalized spacial score (nSPS) is 22.3. The average Bonchev–Trinajstić information content (AvgIpc) is 3.06. The molecule has 0 bridgehead atoms. The first-order chi connectivity index (χ1) is 10.4. The highest BCUT2D eigenvalue weighted by molar-refractivity contribution is 7.10. The van der Waals surface area contributed by atoms with Crippen LogP contribution in [-0.2, 0) is 11.0 Å². The van der Waals surface area contributed by atoms with Crippen LogP contribution in [0.3, 0.4) is 0 Å². The summed E-state index contributed by atoms with van der Waals surface area (Å²) < 4.78 is 38.4. The summed E-state index contributed by atoms with van der Waals surface area (Å²) in [4.78, 5) is 13.4. The van der Waals surface area contributed by atoms with E-state index in [1.165, 1.54) is 23.5 Å². The summed E-state index contributed by atoms with van der Waals surface area (Å²) in [5.74, 6) is -1.46. The summed E-state index contributed by atoms with van der Waals surface area (Å²) in [6.07, 6.45) is -4.17. The fourth-order valence-corrected chi connectivity index (χ4v) is 3.64. The van der Waals surface area contributed by atoms with Crippen LogP contribution in [0.5, 0.6) is 0 Å². The number of halogens is 3. The third kappa shape index (κ3) is 2.59. The van der Waals surface area contributed by atoms with Crippen molar-refractivity contribution in [1.29, 1.82) is 5.41 Å². The molecule has 2 nitrogen and oxygen atoms in total. The number of carbonyl (C=O) groups excluding carboxylic acids is 1. The fourth-order valence-electron chi connectivity index (χ4n) is 2.80. The highest BCUT2D eigenvalue weighted by Crippen LogP contribution is 2.41. The van der Waals surface area contributed by atoms with Gasteiger partial charge in [0.25, 0.3) is 0 Å². The van der Waals surface area contributed by atoms with Crippen molar-refractivity contribution in [3.63, 3.8) is 0 Å². The molecule has 1 fully saturated rings. The molecule has 6 heteroatoms. The van der Waals surface area contributed by atoms with Crippen molar-refractivity contribution in [3.05, 3.63) is 57.8 Å². The number of ketones is 1. The quantitative estimate of drug-likeness (QED) is 0.860. The third-order valence-corrected chi connectivity index (χ3v) is 4.82. The summed E-state index contributed by atoms with van der Waals surface area (Å²) in [6, 6.07) is 8.39. The first-order valence-electron chi connectivity index (χ1n) is 6.69. The predicted molar refractivity (Wildman–Crippen MR) is 78.6 cm³/mol. The molecule has 1 saturated carbocycles. The molecular weight excluding hydrogens is 311 g/mol. The maximum absolute atomic E-state index is 12.8. The van der Waals surface area contributed by atoms with Gasteiger partial charge in [-0.3, -0.25) is 4.79 Å². The van der Waals surface area contributed by atoms with E-state index < -0.39 is 23.6 Å². The summed E-state index contributed by atoms with van der Waals surface area (Å²) in [5, 5.41) is 9.89. The molecule has 0 radical (unpaired) electrons. The molecule has 1 aromatic carbocycles. The van der Waals surface area contributed by atoms with Gasteiger partial charge in [-0.05, 0) is 23.1 Å². The minimum absolute atomic E-state index is 0.183. The lowest BCUT2D eigenvalue weighted by atomic mass is 9.92. The predicted octanol–water partition coefficient (Wildman–Crippen LogP) is 4.63. The average molecular weight is 323 g/mol. The van der Waals surface area contributed by atoms with Crippen LogP contribution in [0.4, 0.5) is 13.2 Å². The number of thiophene rings is 1. The van der Waals surface area contributed by atoms with Crippen LogP contribution in [0.1, 0.15) is 34.3 Å². The minimum Gasteiger partial charge on any atom is -0.309 e. The lowest BCUT2D eigenvalue weighted by Gasteiger charge is -2.13. The van der Waals surface area contributed by atoms with Crippen LogP contribution in [-0.4, -0.2) is 11.5 Å². The number of benzene rings is 1. The van der Waals surface area contributed by atoms with Crippen LogP contribution in [0, 0.1) is 5.41 Å². The maximum atomic E-state index is 12.8. The van der Waals surface area contributed by atoms with Gasteiger partial charge in [-0.25, -0.2) is 0 Å². The van der Waals surface area contributed by atoms with Gasteiger partial charge in [0, 0.05) is 17.0 Å². The van der Waals surface area contributed by atoms with Gasteiger partial charge in [0.05, 0.1) is 17.4 Å². The number of rotatable bonds is 2. The standard InChI is InChI=1S/C16H12F3NOS/c17-16(18,19)10-4-1-3-9(7-10)14-12(20)8-11(15(14)21)13-5-2-6-22-13/h1-7,11,14,20H,8H2. The highest BCUT2D eigenvalue weighted by Gasteiger charge is 2.41. The molecule has 0 saturated heterocycles. The van der Waals surface area contributed by atoms with E-state index in [1.807, 2.05) is 17.5 Å². The van der Waals surface area contributed by atoms with E-state index in [9.17, 15) is 18.0 Å². The van der Waals surface area contributed by atoms with Gasteiger partial charge in [-0.1, -0.05) is 24.3 Å². The van der Waals surface area contributed by atoms with Crippen LogP contribution >= 0.6 is 11.3 Å². The number of nitrogens with one attached hydrogen (secondary N) is 1. The zero-order valence-electron chi connectivity index (χ0n) is 11.4.